The second kappa shape index (κ2) is 6.31. The van der Waals surface area contributed by atoms with Crippen molar-refractivity contribution in [3.8, 4) is 0 Å². The van der Waals surface area contributed by atoms with Gasteiger partial charge < -0.3 is 9.80 Å². The maximum Gasteiger partial charge on any atom is 0.257 e. The van der Waals surface area contributed by atoms with Crippen molar-refractivity contribution in [2.24, 2.45) is 7.05 Å². The summed E-state index contributed by atoms with van der Waals surface area (Å²) in [4.78, 5) is 27.1. The molecule has 9 heteroatoms. The zero-order valence-corrected chi connectivity index (χ0v) is 16.2. The van der Waals surface area contributed by atoms with Crippen LogP contribution in [-0.4, -0.2) is 61.1 Å². The van der Waals surface area contributed by atoms with Crippen LogP contribution in [-0.2, 0) is 7.05 Å². The number of anilines is 1. The van der Waals surface area contributed by atoms with Crippen molar-refractivity contribution in [2.75, 3.05) is 31.1 Å². The molecule has 4 heterocycles. The molecule has 3 aromatic rings. The van der Waals surface area contributed by atoms with Crippen molar-refractivity contribution in [3.05, 3.63) is 28.2 Å². The van der Waals surface area contributed by atoms with Gasteiger partial charge in [0.2, 0.25) is 0 Å². The molecule has 8 nitrogen and oxygen atoms in total. The fraction of sp³-hybridized carbons (Fsp3) is 0.471. The van der Waals surface area contributed by atoms with Gasteiger partial charge in [0.15, 0.2) is 5.65 Å². The Kier molecular flexibility index (Phi) is 4.10. The molecule has 1 amide bonds. The monoisotopic (exact) mass is 371 g/mol. The van der Waals surface area contributed by atoms with Crippen LogP contribution in [0.15, 0.2) is 6.20 Å². The number of aryl methyl sites for hydroxylation is 4. The average molecular weight is 371 g/mol. The van der Waals surface area contributed by atoms with Gasteiger partial charge in [-0.2, -0.15) is 9.47 Å². The highest BCUT2D eigenvalue weighted by Crippen LogP contribution is 2.25. The molecule has 0 spiro atoms. The van der Waals surface area contributed by atoms with E-state index < -0.39 is 0 Å². The van der Waals surface area contributed by atoms with E-state index in [2.05, 4.69) is 24.3 Å². The number of amides is 1. The van der Waals surface area contributed by atoms with Crippen molar-refractivity contribution < 1.29 is 4.79 Å². The lowest BCUT2D eigenvalue weighted by Gasteiger charge is -2.35. The fourth-order valence-electron chi connectivity index (χ4n) is 3.42. The number of piperazine rings is 1. The van der Waals surface area contributed by atoms with E-state index in [1.807, 2.05) is 38.9 Å². The predicted octanol–water partition coefficient (Wildman–Crippen LogP) is 1.71. The largest absolute Gasteiger partial charge is 0.352 e. The van der Waals surface area contributed by atoms with Gasteiger partial charge in [0.25, 0.3) is 5.91 Å². The van der Waals surface area contributed by atoms with Crippen LogP contribution >= 0.6 is 11.5 Å². The van der Waals surface area contributed by atoms with Crippen molar-refractivity contribution in [1.29, 1.82) is 0 Å². The molecule has 1 aliphatic rings. The third kappa shape index (κ3) is 2.72. The van der Waals surface area contributed by atoms with Crippen LogP contribution in [0.3, 0.4) is 0 Å². The molecule has 0 radical (unpaired) electrons. The number of hydrogen-bond donors (Lipinski definition) is 0. The summed E-state index contributed by atoms with van der Waals surface area (Å²) in [7, 11) is 1.88. The van der Waals surface area contributed by atoms with Crippen LogP contribution in [0.2, 0.25) is 0 Å². The van der Waals surface area contributed by atoms with Gasteiger partial charge >= 0.3 is 0 Å². The molecule has 0 saturated carbocycles. The molecular formula is C17H21N7OS. The summed E-state index contributed by atoms with van der Waals surface area (Å²) in [6.07, 6.45) is 1.81. The Balaban J connectivity index is 1.55. The maximum absolute atomic E-state index is 12.9. The van der Waals surface area contributed by atoms with E-state index in [0.29, 0.717) is 13.1 Å². The second-order valence-corrected chi connectivity index (χ2v) is 7.56. The predicted molar refractivity (Wildman–Crippen MR) is 101 cm³/mol. The van der Waals surface area contributed by atoms with Crippen LogP contribution in [0.25, 0.3) is 11.0 Å². The highest BCUT2D eigenvalue weighted by Gasteiger charge is 2.27. The average Bonchev–Trinajstić information content (AvgIpc) is 3.16. The second-order valence-electron chi connectivity index (χ2n) is 6.58. The highest BCUT2D eigenvalue weighted by atomic mass is 32.1. The van der Waals surface area contributed by atoms with E-state index >= 15 is 0 Å². The summed E-state index contributed by atoms with van der Waals surface area (Å²) in [6.45, 7) is 8.55. The van der Waals surface area contributed by atoms with E-state index in [-0.39, 0.29) is 5.91 Å². The van der Waals surface area contributed by atoms with Crippen molar-refractivity contribution in [2.45, 2.75) is 20.8 Å². The number of carbonyl (C=O) groups excluding carboxylic acids is 1. The Bertz CT molecular complexity index is 965. The van der Waals surface area contributed by atoms with Gasteiger partial charge in [-0.25, -0.2) is 9.97 Å². The number of hydrogen-bond acceptors (Lipinski definition) is 7. The maximum atomic E-state index is 12.9. The SMILES string of the molecule is Cc1nc(N2CCN(C(=O)c3c(C)nsc3C)CC2)c2cnn(C)c2n1. The number of fused-ring (bicyclic) bond motifs is 1. The summed E-state index contributed by atoms with van der Waals surface area (Å²) in [5, 5.41) is 5.26. The van der Waals surface area contributed by atoms with Gasteiger partial charge in [-0.3, -0.25) is 9.48 Å². The first-order chi connectivity index (χ1) is 12.5. The van der Waals surface area contributed by atoms with E-state index in [1.54, 1.807) is 4.68 Å². The third-order valence-corrected chi connectivity index (χ3v) is 5.64. The Morgan fingerprint density at radius 2 is 1.85 bits per heavy atom. The Hall–Kier alpha value is -2.55. The van der Waals surface area contributed by atoms with Crippen LogP contribution in [0.5, 0.6) is 0 Å². The Morgan fingerprint density at radius 1 is 1.12 bits per heavy atom. The topological polar surface area (TPSA) is 80.0 Å². The van der Waals surface area contributed by atoms with Gasteiger partial charge in [-0.15, -0.1) is 0 Å². The Labute approximate surface area is 155 Å². The smallest absolute Gasteiger partial charge is 0.257 e. The molecule has 0 N–H and O–H groups in total. The molecule has 3 aromatic heterocycles. The van der Waals surface area contributed by atoms with Gasteiger partial charge in [-0.1, -0.05) is 0 Å². The summed E-state index contributed by atoms with van der Waals surface area (Å²) in [6, 6.07) is 0. The minimum atomic E-state index is 0.0822. The first-order valence-electron chi connectivity index (χ1n) is 8.59. The fourth-order valence-corrected chi connectivity index (χ4v) is 4.11. The van der Waals surface area contributed by atoms with Gasteiger partial charge in [0, 0.05) is 38.1 Å². The molecule has 0 unspecified atom stereocenters. The Morgan fingerprint density at radius 3 is 2.50 bits per heavy atom. The van der Waals surface area contributed by atoms with Crippen LogP contribution in [0.4, 0.5) is 5.82 Å². The molecule has 1 fully saturated rings. The van der Waals surface area contributed by atoms with E-state index in [4.69, 9.17) is 0 Å². The zero-order chi connectivity index (χ0) is 18.4. The molecule has 0 aliphatic carbocycles. The van der Waals surface area contributed by atoms with Crippen molar-refractivity contribution in [1.82, 2.24) is 29.0 Å². The lowest BCUT2D eigenvalue weighted by molar-refractivity contribution is 0.0745. The third-order valence-electron chi connectivity index (χ3n) is 4.80. The number of aromatic nitrogens is 5. The van der Waals surface area contributed by atoms with Crippen LogP contribution in [0.1, 0.15) is 26.8 Å². The first-order valence-corrected chi connectivity index (χ1v) is 9.36. The normalized spacial score (nSPS) is 15.1. The molecule has 136 valence electrons. The first kappa shape index (κ1) is 16.9. The molecule has 1 saturated heterocycles. The van der Waals surface area contributed by atoms with E-state index in [0.717, 1.165) is 51.9 Å². The van der Waals surface area contributed by atoms with Crippen LogP contribution in [0, 0.1) is 20.8 Å². The molecule has 0 aromatic carbocycles. The van der Waals surface area contributed by atoms with Gasteiger partial charge in [-0.05, 0) is 32.3 Å². The zero-order valence-electron chi connectivity index (χ0n) is 15.4. The quantitative estimate of drug-likeness (QED) is 0.682. The molecule has 0 bridgehead atoms. The number of carbonyl (C=O) groups is 1. The summed E-state index contributed by atoms with van der Waals surface area (Å²) in [5.41, 5.74) is 2.42. The van der Waals surface area contributed by atoms with E-state index in [1.165, 1.54) is 11.5 Å². The molecule has 0 atom stereocenters. The lowest BCUT2D eigenvalue weighted by Crippen LogP contribution is -2.49. The molecule has 26 heavy (non-hydrogen) atoms. The number of nitrogens with zero attached hydrogens (tertiary/aromatic N) is 7. The highest BCUT2D eigenvalue weighted by molar-refractivity contribution is 7.06. The van der Waals surface area contributed by atoms with Gasteiger partial charge in [0.1, 0.15) is 11.6 Å². The standard InChI is InChI=1S/C17H21N7OS/c1-10-14(11(2)26-21-10)17(25)24-7-5-23(6-8-24)16-13-9-18-22(4)15(13)19-12(3)20-16/h9H,5-8H2,1-4H3. The van der Waals surface area contributed by atoms with Gasteiger partial charge in [0.05, 0.1) is 22.8 Å². The molecular weight excluding hydrogens is 350 g/mol. The summed E-state index contributed by atoms with van der Waals surface area (Å²) >= 11 is 1.39. The van der Waals surface area contributed by atoms with Crippen molar-refractivity contribution >= 4 is 34.3 Å². The van der Waals surface area contributed by atoms with Crippen LogP contribution < -0.4 is 4.90 Å². The molecule has 4 rings (SSSR count). The van der Waals surface area contributed by atoms with E-state index in [9.17, 15) is 4.79 Å². The minimum absolute atomic E-state index is 0.0822. The summed E-state index contributed by atoms with van der Waals surface area (Å²) in [5.74, 6) is 1.71. The number of rotatable bonds is 2. The lowest BCUT2D eigenvalue weighted by atomic mass is 10.1. The van der Waals surface area contributed by atoms with Crippen molar-refractivity contribution in [3.63, 3.8) is 0 Å². The minimum Gasteiger partial charge on any atom is -0.352 e. The molecule has 1 aliphatic heterocycles. The summed E-state index contributed by atoms with van der Waals surface area (Å²) < 4.78 is 6.06.